The first-order valence-corrected chi connectivity index (χ1v) is 5.74. The highest BCUT2D eigenvalue weighted by molar-refractivity contribution is 5.75. The molecule has 1 aromatic carbocycles. The maximum atomic E-state index is 10.9. The van der Waals surface area contributed by atoms with Crippen molar-refractivity contribution in [2.45, 2.75) is 13.8 Å². The molecule has 3 aromatic rings. The zero-order valence-electron chi connectivity index (χ0n) is 10.2. The van der Waals surface area contributed by atoms with Crippen molar-refractivity contribution in [2.75, 3.05) is 0 Å². The van der Waals surface area contributed by atoms with Crippen LogP contribution in [0.3, 0.4) is 0 Å². The van der Waals surface area contributed by atoms with Gasteiger partial charge in [0.05, 0.1) is 0 Å². The van der Waals surface area contributed by atoms with Crippen LogP contribution in [0.2, 0.25) is 0 Å². The van der Waals surface area contributed by atoms with Gasteiger partial charge in [0.2, 0.25) is 5.89 Å². The Kier molecular flexibility index (Phi) is 3.52. The van der Waals surface area contributed by atoms with Crippen molar-refractivity contribution in [3.8, 4) is 11.6 Å². The number of oxazole rings is 1. The molecule has 2 heterocycles. The predicted molar refractivity (Wildman–Crippen MR) is 69.2 cm³/mol. The fourth-order valence-electron chi connectivity index (χ4n) is 1.45. The summed E-state index contributed by atoms with van der Waals surface area (Å²) >= 11 is 0. The third-order valence-electron chi connectivity index (χ3n) is 2.19. The van der Waals surface area contributed by atoms with Crippen molar-refractivity contribution in [1.29, 1.82) is 0 Å². The molecule has 0 atom stereocenters. The van der Waals surface area contributed by atoms with Gasteiger partial charge in [-0.05, 0) is 18.2 Å². The van der Waals surface area contributed by atoms with Crippen LogP contribution in [0.15, 0.2) is 45.6 Å². The van der Waals surface area contributed by atoms with Crippen LogP contribution in [-0.2, 0) is 0 Å². The minimum absolute atomic E-state index is 0.250. The first kappa shape index (κ1) is 12.0. The molecule has 0 saturated heterocycles. The van der Waals surface area contributed by atoms with Gasteiger partial charge in [-0.3, -0.25) is 4.79 Å². The third-order valence-corrected chi connectivity index (χ3v) is 2.19. The van der Waals surface area contributed by atoms with E-state index in [1.165, 1.54) is 6.07 Å². The summed E-state index contributed by atoms with van der Waals surface area (Å²) in [4.78, 5) is 15.1. The number of aromatic amines is 1. The Bertz CT molecular complexity index is 647. The van der Waals surface area contributed by atoms with E-state index >= 15 is 0 Å². The highest BCUT2D eigenvalue weighted by Gasteiger charge is 2.08. The standard InChI is InChI=1S/C11H7N3O2.C2H6/c15-10-6-5-8(13-14-10)11-12-7-3-1-2-4-9(7)16-11;1-2/h1-6H,(H,14,15);1-2H3. The molecule has 0 unspecified atom stereocenters. The quantitative estimate of drug-likeness (QED) is 0.713. The lowest BCUT2D eigenvalue weighted by atomic mass is 10.3. The zero-order valence-corrected chi connectivity index (χ0v) is 10.2. The van der Waals surface area contributed by atoms with E-state index in [1.807, 2.05) is 38.1 Å². The number of hydrogen-bond acceptors (Lipinski definition) is 4. The van der Waals surface area contributed by atoms with E-state index < -0.39 is 0 Å². The summed E-state index contributed by atoms with van der Waals surface area (Å²) in [6, 6.07) is 10.4. The Morgan fingerprint density at radius 1 is 1.11 bits per heavy atom. The average molecular weight is 243 g/mol. The van der Waals surface area contributed by atoms with E-state index in [4.69, 9.17) is 4.42 Å². The summed E-state index contributed by atoms with van der Waals surface area (Å²) in [6.45, 7) is 4.00. The van der Waals surface area contributed by atoms with Crippen LogP contribution in [-0.4, -0.2) is 15.2 Å². The highest BCUT2D eigenvalue weighted by atomic mass is 16.3. The Morgan fingerprint density at radius 3 is 2.56 bits per heavy atom. The summed E-state index contributed by atoms with van der Waals surface area (Å²) < 4.78 is 5.50. The second kappa shape index (κ2) is 5.27. The smallest absolute Gasteiger partial charge is 0.264 e. The van der Waals surface area contributed by atoms with E-state index in [1.54, 1.807) is 6.07 Å². The average Bonchev–Trinajstić information content (AvgIpc) is 2.85. The van der Waals surface area contributed by atoms with Crippen molar-refractivity contribution in [1.82, 2.24) is 15.2 Å². The van der Waals surface area contributed by atoms with E-state index in [9.17, 15) is 4.79 Å². The van der Waals surface area contributed by atoms with Crippen molar-refractivity contribution in [3.63, 3.8) is 0 Å². The molecule has 5 heteroatoms. The minimum atomic E-state index is -0.250. The number of rotatable bonds is 1. The van der Waals surface area contributed by atoms with E-state index in [0.29, 0.717) is 17.2 Å². The zero-order chi connectivity index (χ0) is 13.0. The predicted octanol–water partition coefficient (Wildman–Crippen LogP) is 2.60. The molecule has 2 aromatic heterocycles. The van der Waals surface area contributed by atoms with Crippen LogP contribution in [0.25, 0.3) is 22.7 Å². The van der Waals surface area contributed by atoms with Crippen LogP contribution in [0.1, 0.15) is 13.8 Å². The van der Waals surface area contributed by atoms with Gasteiger partial charge in [-0.1, -0.05) is 26.0 Å². The SMILES string of the molecule is CC.O=c1ccc(-c2nc3ccccc3o2)n[nH]1. The second-order valence-corrected chi connectivity index (χ2v) is 3.29. The molecule has 0 aliphatic heterocycles. The summed E-state index contributed by atoms with van der Waals surface area (Å²) in [5, 5.41) is 6.19. The number of aromatic nitrogens is 3. The largest absolute Gasteiger partial charge is 0.435 e. The fourth-order valence-corrected chi connectivity index (χ4v) is 1.45. The van der Waals surface area contributed by atoms with Crippen LogP contribution in [0.4, 0.5) is 0 Å². The molecule has 0 fully saturated rings. The van der Waals surface area contributed by atoms with Gasteiger partial charge in [0.25, 0.3) is 5.56 Å². The summed E-state index contributed by atoms with van der Waals surface area (Å²) in [5.74, 6) is 0.400. The lowest BCUT2D eigenvalue weighted by molar-refractivity contribution is 0.614. The van der Waals surface area contributed by atoms with Gasteiger partial charge >= 0.3 is 0 Å². The molecule has 0 aliphatic carbocycles. The van der Waals surface area contributed by atoms with E-state index in [0.717, 1.165) is 5.52 Å². The molecule has 5 nitrogen and oxygen atoms in total. The Morgan fingerprint density at radius 2 is 1.89 bits per heavy atom. The summed E-state index contributed by atoms with van der Waals surface area (Å²) in [5.41, 5.74) is 1.73. The molecule has 3 rings (SSSR count). The van der Waals surface area contributed by atoms with Crippen LogP contribution in [0, 0.1) is 0 Å². The van der Waals surface area contributed by atoms with Crippen LogP contribution in [0.5, 0.6) is 0 Å². The second-order valence-electron chi connectivity index (χ2n) is 3.29. The number of nitrogens with one attached hydrogen (secondary N) is 1. The van der Waals surface area contributed by atoms with Crippen molar-refractivity contribution in [2.24, 2.45) is 0 Å². The van der Waals surface area contributed by atoms with Crippen molar-refractivity contribution < 1.29 is 4.42 Å². The van der Waals surface area contributed by atoms with Gasteiger partial charge in [-0.15, -0.1) is 0 Å². The molecule has 18 heavy (non-hydrogen) atoms. The molecular formula is C13H13N3O2. The summed E-state index contributed by atoms with van der Waals surface area (Å²) in [6.07, 6.45) is 0. The minimum Gasteiger partial charge on any atom is -0.435 e. The van der Waals surface area contributed by atoms with E-state index in [2.05, 4.69) is 15.2 Å². The molecule has 0 amide bonds. The number of H-pyrrole nitrogens is 1. The normalized spacial score (nSPS) is 9.89. The highest BCUT2D eigenvalue weighted by Crippen LogP contribution is 2.21. The van der Waals surface area contributed by atoms with Gasteiger partial charge in [0.15, 0.2) is 5.58 Å². The van der Waals surface area contributed by atoms with E-state index in [-0.39, 0.29) is 5.56 Å². The molecular weight excluding hydrogens is 230 g/mol. The number of para-hydroxylation sites is 2. The van der Waals surface area contributed by atoms with Crippen molar-refractivity contribution in [3.05, 3.63) is 46.8 Å². The lowest BCUT2D eigenvalue weighted by Crippen LogP contribution is -2.05. The Balaban J connectivity index is 0.000000574. The first-order valence-electron chi connectivity index (χ1n) is 5.74. The van der Waals surface area contributed by atoms with Gasteiger partial charge < -0.3 is 4.42 Å². The maximum Gasteiger partial charge on any atom is 0.264 e. The number of nitrogens with zero attached hydrogens (tertiary/aromatic N) is 2. The molecule has 0 bridgehead atoms. The van der Waals surface area contributed by atoms with Crippen LogP contribution >= 0.6 is 0 Å². The van der Waals surface area contributed by atoms with Gasteiger partial charge in [-0.2, -0.15) is 5.10 Å². The number of fused-ring (bicyclic) bond motifs is 1. The monoisotopic (exact) mass is 243 g/mol. The Labute approximate surface area is 103 Å². The lowest BCUT2D eigenvalue weighted by Gasteiger charge is -1.90. The van der Waals surface area contributed by atoms with Crippen LogP contribution < -0.4 is 5.56 Å². The van der Waals surface area contributed by atoms with Gasteiger partial charge in [-0.25, -0.2) is 10.1 Å². The molecule has 0 aliphatic rings. The van der Waals surface area contributed by atoms with Gasteiger partial charge in [0, 0.05) is 6.07 Å². The van der Waals surface area contributed by atoms with Crippen molar-refractivity contribution >= 4 is 11.1 Å². The topological polar surface area (TPSA) is 71.8 Å². The number of benzene rings is 1. The summed E-state index contributed by atoms with van der Waals surface area (Å²) in [7, 11) is 0. The molecule has 0 spiro atoms. The third kappa shape index (κ3) is 2.29. The van der Waals surface area contributed by atoms with Gasteiger partial charge in [0.1, 0.15) is 11.2 Å². The fraction of sp³-hybridized carbons (Fsp3) is 0.154. The maximum absolute atomic E-state index is 10.9. The molecule has 92 valence electrons. The Hall–Kier alpha value is -2.43. The first-order chi connectivity index (χ1) is 8.83. The molecule has 1 N–H and O–H groups in total. The molecule has 0 saturated carbocycles. The number of hydrogen-bond donors (Lipinski definition) is 1. The molecule has 0 radical (unpaired) electrons.